The molecular formula is C24H27FN4O3S. The Morgan fingerprint density at radius 3 is 2.79 bits per heavy atom. The molecule has 3 heterocycles. The number of anilines is 2. The van der Waals surface area contributed by atoms with Gasteiger partial charge in [-0.1, -0.05) is 5.87 Å². The molecule has 0 saturated carbocycles. The highest BCUT2D eigenvalue weighted by molar-refractivity contribution is 8.02. The lowest BCUT2D eigenvalue weighted by molar-refractivity contribution is 0.0736. The van der Waals surface area contributed by atoms with E-state index in [0.717, 1.165) is 33.7 Å². The van der Waals surface area contributed by atoms with E-state index in [0.29, 0.717) is 11.5 Å². The van der Waals surface area contributed by atoms with Crippen LogP contribution in [0.2, 0.25) is 0 Å². The van der Waals surface area contributed by atoms with Gasteiger partial charge in [0.25, 0.3) is 0 Å². The van der Waals surface area contributed by atoms with Crippen molar-refractivity contribution in [2.75, 3.05) is 30.0 Å². The molecule has 3 aromatic rings. The second-order valence-corrected chi connectivity index (χ2v) is 11.6. The van der Waals surface area contributed by atoms with Gasteiger partial charge in [-0.05, 0) is 61.1 Å². The molecule has 0 amide bonds. The van der Waals surface area contributed by atoms with Gasteiger partial charge in [-0.15, -0.1) is 9.41 Å². The highest BCUT2D eigenvalue weighted by atomic mass is 32.2. The van der Waals surface area contributed by atoms with E-state index < -0.39 is 27.4 Å². The van der Waals surface area contributed by atoms with Crippen LogP contribution in [0.5, 0.6) is 5.75 Å². The lowest BCUT2D eigenvalue weighted by atomic mass is 10.1. The third kappa shape index (κ3) is 4.66. The van der Waals surface area contributed by atoms with Gasteiger partial charge in [-0.25, -0.2) is 18.7 Å². The summed E-state index contributed by atoms with van der Waals surface area (Å²) in [4.78, 5) is 8.91. The van der Waals surface area contributed by atoms with E-state index in [1.165, 1.54) is 31.3 Å². The molecule has 174 valence electrons. The Bertz CT molecular complexity index is 1310. The maximum Gasteiger partial charge on any atom is 0.150 e. The zero-order valence-electron chi connectivity index (χ0n) is 18.5. The van der Waals surface area contributed by atoms with Crippen LogP contribution < -0.4 is 10.1 Å². The van der Waals surface area contributed by atoms with Crippen molar-refractivity contribution >= 4 is 43.4 Å². The van der Waals surface area contributed by atoms with Crippen molar-refractivity contribution in [2.45, 2.75) is 32.0 Å². The molecule has 0 unspecified atom stereocenters. The Kier molecular flexibility index (Phi) is 5.94. The lowest BCUT2D eigenvalue weighted by Crippen LogP contribution is -2.30. The van der Waals surface area contributed by atoms with E-state index in [-0.39, 0.29) is 19.0 Å². The number of nitrogens with one attached hydrogen (secondary N) is 1. The van der Waals surface area contributed by atoms with Gasteiger partial charge in [-0.3, -0.25) is 0 Å². The number of hydrogen-bond acceptors (Lipinski definition) is 7. The number of ether oxygens (including phenoxy) is 2. The fraction of sp³-hybridized carbons (Fsp3) is 0.375. The molecule has 2 N–H and O–H groups in total. The summed E-state index contributed by atoms with van der Waals surface area (Å²) in [5, 5.41) is 14.2. The standard InChI is InChI=1S/C24H27FN4O3S/c1-15-9-17(29-33(2)7-3-4-8-33)11-19-23(15)24(27-14-26-19)28-18-6-5-16(25)10-21(18)32-22-13-31-12-20(22)30/h5-6,9-11,14,20,22,30H,2-4,7-8,12-13H2,1H3,(H,26,27,28)/t20-,22-/m0/s1. The highest BCUT2D eigenvalue weighted by Gasteiger charge is 2.29. The molecule has 7 nitrogen and oxygen atoms in total. The van der Waals surface area contributed by atoms with Gasteiger partial charge < -0.3 is 19.9 Å². The van der Waals surface area contributed by atoms with Crippen LogP contribution >= 0.6 is 0 Å². The molecule has 5 rings (SSSR count). The Morgan fingerprint density at radius 2 is 2.03 bits per heavy atom. The number of hydrogen-bond donors (Lipinski definition) is 2. The van der Waals surface area contributed by atoms with Crippen LogP contribution in [0.25, 0.3) is 10.9 Å². The Balaban J connectivity index is 1.50. The number of aliphatic hydroxyl groups is 1. The average molecular weight is 471 g/mol. The van der Waals surface area contributed by atoms with Gasteiger partial charge in [0.15, 0.2) is 6.10 Å². The molecule has 9 heteroatoms. The van der Waals surface area contributed by atoms with Crippen molar-refractivity contribution < 1.29 is 19.0 Å². The van der Waals surface area contributed by atoms with Gasteiger partial charge in [-0.2, -0.15) is 0 Å². The van der Waals surface area contributed by atoms with E-state index in [9.17, 15) is 9.50 Å². The van der Waals surface area contributed by atoms with Gasteiger partial charge in [0.05, 0.1) is 30.1 Å². The van der Waals surface area contributed by atoms with E-state index in [1.54, 1.807) is 6.07 Å². The summed E-state index contributed by atoms with van der Waals surface area (Å²) in [5.74, 6) is 7.00. The number of aromatic nitrogens is 2. The van der Waals surface area contributed by atoms with Crippen LogP contribution in [0.1, 0.15) is 18.4 Å². The summed E-state index contributed by atoms with van der Waals surface area (Å²) in [6, 6.07) is 8.25. The van der Waals surface area contributed by atoms with Gasteiger partial charge in [0, 0.05) is 11.5 Å². The molecule has 0 radical (unpaired) electrons. The number of aryl methyl sites for hydroxylation is 1. The molecule has 0 aliphatic carbocycles. The molecule has 2 aliphatic rings. The fourth-order valence-electron chi connectivity index (χ4n) is 4.30. The third-order valence-electron chi connectivity index (χ3n) is 5.99. The van der Waals surface area contributed by atoms with Crippen LogP contribution in [0, 0.1) is 12.7 Å². The second kappa shape index (κ2) is 8.89. The predicted molar refractivity (Wildman–Crippen MR) is 131 cm³/mol. The summed E-state index contributed by atoms with van der Waals surface area (Å²) in [6.45, 7) is 2.45. The zero-order chi connectivity index (χ0) is 23.0. The Hall–Kier alpha value is -2.75. The van der Waals surface area contributed by atoms with E-state index in [4.69, 9.17) is 13.8 Å². The number of fused-ring (bicyclic) bond motifs is 1. The first-order valence-corrected chi connectivity index (χ1v) is 13.1. The molecule has 2 aromatic carbocycles. The summed E-state index contributed by atoms with van der Waals surface area (Å²) in [6.07, 6.45) is 2.56. The van der Waals surface area contributed by atoms with Crippen LogP contribution in [0.15, 0.2) is 41.0 Å². The van der Waals surface area contributed by atoms with Crippen LogP contribution in [-0.2, 0) is 14.2 Å². The second-order valence-electron chi connectivity index (χ2n) is 8.61. The van der Waals surface area contributed by atoms with Gasteiger partial charge in [0.2, 0.25) is 0 Å². The van der Waals surface area contributed by atoms with Crippen molar-refractivity contribution in [2.24, 2.45) is 4.36 Å². The van der Waals surface area contributed by atoms with Crippen molar-refractivity contribution in [3.63, 3.8) is 0 Å². The summed E-state index contributed by atoms with van der Waals surface area (Å²) in [7, 11) is -1.19. The smallest absolute Gasteiger partial charge is 0.150 e. The fourth-order valence-corrected chi connectivity index (χ4v) is 6.72. The molecule has 2 atom stereocenters. The zero-order valence-corrected chi connectivity index (χ0v) is 19.3. The number of halogens is 1. The van der Waals surface area contributed by atoms with Crippen LogP contribution in [0.4, 0.5) is 21.6 Å². The third-order valence-corrected chi connectivity index (χ3v) is 8.69. The molecule has 0 bridgehead atoms. The van der Waals surface area contributed by atoms with E-state index >= 15 is 0 Å². The normalized spacial score (nSPS) is 21.9. The number of nitrogens with zero attached hydrogens (tertiary/aromatic N) is 3. The predicted octanol–water partition coefficient (Wildman–Crippen LogP) is 4.15. The Morgan fingerprint density at radius 1 is 1.21 bits per heavy atom. The molecule has 2 aliphatic heterocycles. The minimum absolute atomic E-state index is 0.197. The minimum Gasteiger partial charge on any atom is -0.483 e. The summed E-state index contributed by atoms with van der Waals surface area (Å²) in [5.41, 5.74) is 3.20. The first-order valence-electron chi connectivity index (χ1n) is 11.0. The monoisotopic (exact) mass is 470 g/mol. The first kappa shape index (κ1) is 22.1. The summed E-state index contributed by atoms with van der Waals surface area (Å²) >= 11 is 0. The number of benzene rings is 2. The van der Waals surface area contributed by atoms with Crippen molar-refractivity contribution in [3.05, 3.63) is 48.0 Å². The molecule has 33 heavy (non-hydrogen) atoms. The van der Waals surface area contributed by atoms with Gasteiger partial charge >= 0.3 is 0 Å². The summed E-state index contributed by atoms with van der Waals surface area (Å²) < 4.78 is 30.1. The van der Waals surface area contributed by atoms with E-state index in [2.05, 4.69) is 21.2 Å². The van der Waals surface area contributed by atoms with Gasteiger partial charge in [0.1, 0.15) is 29.8 Å². The van der Waals surface area contributed by atoms with Crippen molar-refractivity contribution in [3.8, 4) is 5.75 Å². The average Bonchev–Trinajstić information content (AvgIpc) is 3.38. The van der Waals surface area contributed by atoms with Crippen LogP contribution in [-0.4, -0.2) is 57.9 Å². The largest absolute Gasteiger partial charge is 0.483 e. The van der Waals surface area contributed by atoms with E-state index in [1.807, 2.05) is 19.1 Å². The SMILES string of the molecule is C=S1(=Nc2cc(C)c3c(Nc4ccc(F)cc4O[C@H]4COC[C@@H]4O)ncnc3c2)CCCC1. The topological polar surface area (TPSA) is 88.9 Å². The molecule has 2 fully saturated rings. The first-order chi connectivity index (χ1) is 15.9. The Labute approximate surface area is 192 Å². The van der Waals surface area contributed by atoms with Crippen molar-refractivity contribution in [1.29, 1.82) is 0 Å². The number of aliphatic hydroxyl groups excluding tert-OH is 1. The van der Waals surface area contributed by atoms with Crippen LogP contribution in [0.3, 0.4) is 0 Å². The highest BCUT2D eigenvalue weighted by Crippen LogP contribution is 2.35. The van der Waals surface area contributed by atoms with Crippen molar-refractivity contribution in [1.82, 2.24) is 9.97 Å². The molecular weight excluding hydrogens is 443 g/mol. The maximum atomic E-state index is 14.0. The lowest BCUT2D eigenvalue weighted by Gasteiger charge is -2.19. The molecule has 1 aromatic heterocycles. The minimum atomic E-state index is -1.19. The molecule has 2 saturated heterocycles. The molecule has 0 spiro atoms. The number of rotatable bonds is 5. The maximum absolute atomic E-state index is 14.0. The quantitative estimate of drug-likeness (QED) is 0.545.